The van der Waals surface area contributed by atoms with E-state index in [-0.39, 0.29) is 11.4 Å². The fourth-order valence-corrected chi connectivity index (χ4v) is 3.28. The molecule has 0 radical (unpaired) electrons. The minimum atomic E-state index is -1.30. The van der Waals surface area contributed by atoms with E-state index >= 15 is 0 Å². The molecule has 4 atom stereocenters. The van der Waals surface area contributed by atoms with Crippen LogP contribution in [0.4, 0.5) is 5.82 Å². The third-order valence-corrected chi connectivity index (χ3v) is 4.64. The average Bonchev–Trinajstić information content (AvgIpc) is 3.20. The number of nitriles is 1. The molecule has 138 valence electrons. The van der Waals surface area contributed by atoms with E-state index in [4.69, 9.17) is 10.5 Å². The lowest BCUT2D eigenvalue weighted by Gasteiger charge is -2.17. The van der Waals surface area contributed by atoms with Crippen LogP contribution in [-0.2, 0) is 4.74 Å². The fraction of sp³-hybridized carbons (Fsp3) is 0.278. The summed E-state index contributed by atoms with van der Waals surface area (Å²) in [6.07, 6.45) is -3.10. The smallest absolute Gasteiger partial charge is 0.164 e. The first-order valence-electron chi connectivity index (χ1n) is 8.31. The maximum Gasteiger partial charge on any atom is 0.164 e. The largest absolute Gasteiger partial charge is 0.394 e. The molecule has 0 amide bonds. The third-order valence-electron chi connectivity index (χ3n) is 4.64. The van der Waals surface area contributed by atoms with Crippen LogP contribution in [0, 0.1) is 11.3 Å². The second-order valence-corrected chi connectivity index (χ2v) is 6.29. The van der Waals surface area contributed by atoms with E-state index in [1.807, 2.05) is 36.4 Å². The summed E-state index contributed by atoms with van der Waals surface area (Å²) in [6.45, 7) is -0.453. The second-order valence-electron chi connectivity index (χ2n) is 6.29. The summed E-state index contributed by atoms with van der Waals surface area (Å²) in [5, 5.41) is 39.5. The van der Waals surface area contributed by atoms with E-state index in [2.05, 4.69) is 9.97 Å². The van der Waals surface area contributed by atoms with Gasteiger partial charge in [0, 0.05) is 11.8 Å². The van der Waals surface area contributed by atoms with Crippen LogP contribution in [0.5, 0.6) is 0 Å². The van der Waals surface area contributed by atoms with E-state index in [1.54, 1.807) is 0 Å². The van der Waals surface area contributed by atoms with Crippen molar-refractivity contribution in [3.63, 3.8) is 0 Å². The van der Waals surface area contributed by atoms with Crippen molar-refractivity contribution in [2.45, 2.75) is 24.5 Å². The first-order chi connectivity index (χ1) is 13.0. The van der Waals surface area contributed by atoms with Gasteiger partial charge in [0.15, 0.2) is 12.1 Å². The zero-order valence-electron chi connectivity index (χ0n) is 14.1. The van der Waals surface area contributed by atoms with Crippen molar-refractivity contribution in [1.82, 2.24) is 14.5 Å². The summed E-state index contributed by atoms with van der Waals surface area (Å²) in [4.78, 5) is 8.81. The molecule has 9 nitrogen and oxygen atoms in total. The van der Waals surface area contributed by atoms with Gasteiger partial charge in [-0.15, -0.1) is 0 Å². The molecule has 0 saturated carbocycles. The molecule has 1 aromatic carbocycles. The van der Waals surface area contributed by atoms with Gasteiger partial charge < -0.3 is 30.4 Å². The third kappa shape index (κ3) is 2.72. The van der Waals surface area contributed by atoms with Gasteiger partial charge in [0.1, 0.15) is 35.8 Å². The first kappa shape index (κ1) is 17.4. The van der Waals surface area contributed by atoms with Crippen LogP contribution in [0.2, 0.25) is 0 Å². The number of anilines is 1. The Morgan fingerprint density at radius 1 is 1.19 bits per heavy atom. The first-order valence-corrected chi connectivity index (χ1v) is 8.31. The molecule has 1 unspecified atom stereocenters. The molecule has 1 saturated heterocycles. The lowest BCUT2D eigenvalue weighted by Crippen LogP contribution is -2.33. The fourth-order valence-electron chi connectivity index (χ4n) is 3.28. The number of aliphatic hydroxyl groups is 3. The molecule has 27 heavy (non-hydrogen) atoms. The number of hydrogen-bond acceptors (Lipinski definition) is 8. The predicted octanol–water partition coefficient (Wildman–Crippen LogP) is 0.164. The molecule has 1 fully saturated rings. The molecule has 0 spiro atoms. The normalized spacial score (nSPS) is 25.0. The van der Waals surface area contributed by atoms with Crippen molar-refractivity contribution in [2.75, 3.05) is 12.3 Å². The number of nitrogens with two attached hydrogens (primary N) is 1. The summed E-state index contributed by atoms with van der Waals surface area (Å²) >= 11 is 0. The molecule has 2 aromatic heterocycles. The van der Waals surface area contributed by atoms with Crippen molar-refractivity contribution >= 4 is 16.9 Å². The van der Waals surface area contributed by atoms with Crippen LogP contribution < -0.4 is 5.73 Å². The van der Waals surface area contributed by atoms with Crippen LogP contribution >= 0.6 is 0 Å². The monoisotopic (exact) mass is 367 g/mol. The van der Waals surface area contributed by atoms with Crippen LogP contribution in [0.3, 0.4) is 0 Å². The number of aliphatic hydroxyl groups excluding tert-OH is 3. The van der Waals surface area contributed by atoms with Crippen molar-refractivity contribution in [3.8, 4) is 17.5 Å². The van der Waals surface area contributed by atoms with Gasteiger partial charge in [-0.25, -0.2) is 9.97 Å². The quantitative estimate of drug-likeness (QED) is 0.511. The van der Waals surface area contributed by atoms with Crippen molar-refractivity contribution < 1.29 is 20.1 Å². The number of benzene rings is 1. The lowest BCUT2D eigenvalue weighted by atomic mass is 10.1. The SMILES string of the molecule is N#Cc1cn([C@@H]2OC(CO)[C@@H](O)[C@H]2O)c2nc(-c3ccccc3)nc(N)c12. The highest BCUT2D eigenvalue weighted by Gasteiger charge is 2.44. The van der Waals surface area contributed by atoms with Gasteiger partial charge in [-0.2, -0.15) is 5.26 Å². The molecule has 0 aliphatic carbocycles. The highest BCUT2D eigenvalue weighted by molar-refractivity contribution is 5.93. The zero-order valence-corrected chi connectivity index (χ0v) is 14.1. The number of hydrogen-bond donors (Lipinski definition) is 4. The Morgan fingerprint density at radius 3 is 2.56 bits per heavy atom. The van der Waals surface area contributed by atoms with Crippen LogP contribution in [0.15, 0.2) is 36.5 Å². The second kappa shape index (κ2) is 6.61. The van der Waals surface area contributed by atoms with E-state index < -0.39 is 31.1 Å². The van der Waals surface area contributed by atoms with Crippen LogP contribution in [-0.4, -0.2) is 54.8 Å². The number of nitrogen functional groups attached to an aromatic ring is 1. The summed E-state index contributed by atoms with van der Waals surface area (Å²) < 4.78 is 7.02. The van der Waals surface area contributed by atoms with Gasteiger partial charge in [-0.3, -0.25) is 0 Å². The minimum absolute atomic E-state index is 0.126. The van der Waals surface area contributed by atoms with Gasteiger partial charge in [0.05, 0.1) is 17.6 Å². The Bertz CT molecular complexity index is 1030. The van der Waals surface area contributed by atoms with E-state index in [0.29, 0.717) is 16.9 Å². The average molecular weight is 367 g/mol. The molecule has 9 heteroatoms. The van der Waals surface area contributed by atoms with Gasteiger partial charge in [0.25, 0.3) is 0 Å². The Morgan fingerprint density at radius 2 is 1.93 bits per heavy atom. The molecule has 3 aromatic rings. The maximum absolute atomic E-state index is 10.3. The standard InChI is InChI=1S/C18H17N5O4/c19-6-10-7-23(18-14(26)13(25)11(8-24)27-18)17-12(10)15(20)21-16(22-17)9-4-2-1-3-5-9/h1-5,7,11,13-14,18,24-26H,8H2,(H2,20,21,22)/t11?,13-,14-,18-/m1/s1. The van der Waals surface area contributed by atoms with Gasteiger partial charge >= 0.3 is 0 Å². The Labute approximate surface area is 153 Å². The Kier molecular flexibility index (Phi) is 4.25. The summed E-state index contributed by atoms with van der Waals surface area (Å²) in [7, 11) is 0. The Balaban J connectivity index is 1.91. The van der Waals surface area contributed by atoms with E-state index in [1.165, 1.54) is 10.8 Å². The van der Waals surface area contributed by atoms with Crippen molar-refractivity contribution in [2.24, 2.45) is 0 Å². The minimum Gasteiger partial charge on any atom is -0.394 e. The molecular weight excluding hydrogens is 350 g/mol. The summed E-state index contributed by atoms with van der Waals surface area (Å²) in [5.74, 6) is 0.483. The van der Waals surface area contributed by atoms with Crippen molar-refractivity contribution in [1.29, 1.82) is 5.26 Å². The molecule has 1 aliphatic rings. The molecule has 3 heterocycles. The van der Waals surface area contributed by atoms with Crippen molar-refractivity contribution in [3.05, 3.63) is 42.1 Å². The number of ether oxygens (including phenoxy) is 1. The van der Waals surface area contributed by atoms with Gasteiger partial charge in [-0.1, -0.05) is 30.3 Å². The molecule has 1 aliphatic heterocycles. The molecule has 0 bridgehead atoms. The Hall–Kier alpha value is -3.03. The van der Waals surface area contributed by atoms with Crippen LogP contribution in [0.25, 0.3) is 22.4 Å². The van der Waals surface area contributed by atoms with E-state index in [0.717, 1.165) is 5.56 Å². The number of fused-ring (bicyclic) bond motifs is 1. The van der Waals surface area contributed by atoms with Crippen LogP contribution in [0.1, 0.15) is 11.8 Å². The highest BCUT2D eigenvalue weighted by atomic mass is 16.6. The van der Waals surface area contributed by atoms with E-state index in [9.17, 15) is 20.6 Å². The summed E-state index contributed by atoms with van der Waals surface area (Å²) in [5.41, 5.74) is 7.35. The number of aromatic nitrogens is 3. The topological polar surface area (TPSA) is 150 Å². The highest BCUT2D eigenvalue weighted by Crippen LogP contribution is 2.35. The maximum atomic E-state index is 10.3. The molecule has 5 N–H and O–H groups in total. The lowest BCUT2D eigenvalue weighted by molar-refractivity contribution is -0.0508. The number of rotatable bonds is 3. The molecular formula is C18H17N5O4. The predicted molar refractivity (Wildman–Crippen MR) is 95.1 cm³/mol. The molecule has 4 rings (SSSR count). The zero-order chi connectivity index (χ0) is 19.1. The van der Waals surface area contributed by atoms with Gasteiger partial charge in [0.2, 0.25) is 0 Å². The number of nitrogens with zero attached hydrogens (tertiary/aromatic N) is 4. The summed E-state index contributed by atoms with van der Waals surface area (Å²) in [6, 6.07) is 11.2. The van der Waals surface area contributed by atoms with Gasteiger partial charge in [-0.05, 0) is 0 Å².